The molecule has 2 saturated carbocycles. The van der Waals surface area contributed by atoms with Crippen LogP contribution in [0, 0.1) is 13.8 Å². The molecule has 4 fully saturated rings. The minimum Gasteiger partial charge on any atom is -0.380 e. The number of nitrogens with one attached hydrogen (secondary N) is 6. The Morgan fingerprint density at radius 3 is 1.78 bits per heavy atom. The SMILES string of the molecule is Cc1ccc(NC2CNC2)cc1C(=O)NC1(c2cccc(-c3ccc(C4CC4(NC(=O)c4cc(NC5CNC5)ccc4C)c4cccc(-c5ccccc5)c4)s3)c2)CC1. The van der Waals surface area contributed by atoms with E-state index in [0.29, 0.717) is 23.2 Å². The van der Waals surface area contributed by atoms with Gasteiger partial charge in [-0.1, -0.05) is 78.9 Å². The molecule has 2 aliphatic carbocycles. The fourth-order valence-corrected chi connectivity index (χ4v) is 9.94. The molecular weight excluding hydrogens is 749 g/mol. The number of rotatable bonds is 13. The normalized spacial score (nSPS) is 20.5. The minimum atomic E-state index is -0.554. The van der Waals surface area contributed by atoms with E-state index >= 15 is 0 Å². The monoisotopic (exact) mass is 798 g/mol. The molecule has 0 spiro atoms. The standard InChI is InChI=1S/C50H50N6O2S/c1-31-14-16-38(53-40-27-51-28-40)24-42(31)47(57)55-49(20-21-49)36-12-7-11-35(23-36)45-18-19-46(59-45)44-26-50(44,37-13-6-10-34(22-37)33-8-4-3-5-9-33)56-48(58)43-25-39(17-15-32(43)2)54-41-29-52-30-41/h3-19,22-25,40-41,44,51-54H,20-21,26-30H2,1-2H3,(H,55,57)(H,56,58). The number of carbonyl (C=O) groups is 2. The van der Waals surface area contributed by atoms with Crippen molar-refractivity contribution in [1.82, 2.24) is 21.3 Å². The fraction of sp³-hybridized carbons (Fsp3) is 0.280. The lowest BCUT2D eigenvalue weighted by Gasteiger charge is -2.29. The summed E-state index contributed by atoms with van der Waals surface area (Å²) < 4.78 is 0. The Morgan fingerprint density at radius 2 is 1.17 bits per heavy atom. The predicted molar refractivity (Wildman–Crippen MR) is 239 cm³/mol. The summed E-state index contributed by atoms with van der Waals surface area (Å²) in [6, 6.07) is 45.2. The van der Waals surface area contributed by atoms with Crippen LogP contribution in [0.5, 0.6) is 0 Å². The summed E-state index contributed by atoms with van der Waals surface area (Å²) in [5.74, 6) is 0.0299. The Kier molecular flexibility index (Phi) is 9.62. The highest BCUT2D eigenvalue weighted by atomic mass is 32.1. The van der Waals surface area contributed by atoms with E-state index in [4.69, 9.17) is 0 Å². The molecule has 2 saturated heterocycles. The van der Waals surface area contributed by atoms with E-state index in [1.54, 1.807) is 11.3 Å². The number of hydrogen-bond acceptors (Lipinski definition) is 7. The van der Waals surface area contributed by atoms with E-state index in [2.05, 4.69) is 129 Å². The van der Waals surface area contributed by atoms with E-state index in [9.17, 15) is 9.59 Å². The lowest BCUT2D eigenvalue weighted by atomic mass is 9.95. The third-order valence-electron chi connectivity index (χ3n) is 12.8. The quantitative estimate of drug-likeness (QED) is 0.0699. The molecule has 2 atom stereocenters. The molecule has 2 amide bonds. The Labute approximate surface area is 350 Å². The van der Waals surface area contributed by atoms with Gasteiger partial charge in [0, 0.05) is 64.4 Å². The molecule has 6 N–H and O–H groups in total. The summed E-state index contributed by atoms with van der Waals surface area (Å²) >= 11 is 1.80. The molecule has 5 aromatic carbocycles. The number of anilines is 2. The van der Waals surface area contributed by atoms with E-state index in [1.807, 2.05) is 44.2 Å². The van der Waals surface area contributed by atoms with Crippen LogP contribution in [-0.4, -0.2) is 50.1 Å². The number of carbonyl (C=O) groups excluding carboxylic acids is 2. The van der Waals surface area contributed by atoms with Crippen molar-refractivity contribution in [2.24, 2.45) is 0 Å². The van der Waals surface area contributed by atoms with Gasteiger partial charge in [-0.2, -0.15) is 0 Å². The molecule has 3 heterocycles. The number of benzene rings is 5. The van der Waals surface area contributed by atoms with Crippen molar-refractivity contribution >= 4 is 34.5 Å². The zero-order valence-corrected chi connectivity index (χ0v) is 34.3. The molecule has 8 nitrogen and oxygen atoms in total. The summed E-state index contributed by atoms with van der Waals surface area (Å²) in [6.45, 7) is 7.74. The number of thiophene rings is 1. The second-order valence-electron chi connectivity index (χ2n) is 17.0. The van der Waals surface area contributed by atoms with Crippen molar-refractivity contribution < 1.29 is 9.59 Å². The van der Waals surface area contributed by atoms with Crippen LogP contribution in [-0.2, 0) is 11.1 Å². The molecule has 9 heteroatoms. The van der Waals surface area contributed by atoms with Gasteiger partial charge in [0.05, 0.1) is 23.2 Å². The third kappa shape index (κ3) is 7.43. The zero-order chi connectivity index (χ0) is 40.1. The first kappa shape index (κ1) is 37.5. The Bertz CT molecular complexity index is 2560. The van der Waals surface area contributed by atoms with Gasteiger partial charge in [-0.05, 0) is 121 Å². The molecule has 10 rings (SSSR count). The maximum atomic E-state index is 14.4. The maximum absolute atomic E-state index is 14.4. The Balaban J connectivity index is 0.913. The fourth-order valence-electron chi connectivity index (χ4n) is 8.74. The van der Waals surface area contributed by atoms with E-state index < -0.39 is 5.54 Å². The number of amides is 2. The summed E-state index contributed by atoms with van der Waals surface area (Å²) in [5, 5.41) is 20.8. The summed E-state index contributed by atoms with van der Waals surface area (Å²) in [7, 11) is 0. The molecule has 0 radical (unpaired) electrons. The molecule has 298 valence electrons. The Hall–Kier alpha value is -5.74. The van der Waals surface area contributed by atoms with Gasteiger partial charge in [-0.3, -0.25) is 9.59 Å². The first-order valence-electron chi connectivity index (χ1n) is 20.9. The van der Waals surface area contributed by atoms with Gasteiger partial charge in [0.25, 0.3) is 11.8 Å². The molecule has 2 aliphatic heterocycles. The van der Waals surface area contributed by atoms with Crippen molar-refractivity contribution in [1.29, 1.82) is 0 Å². The summed E-state index contributed by atoms with van der Waals surface area (Å²) in [6.07, 6.45) is 2.63. The molecular formula is C50H50N6O2S. The van der Waals surface area contributed by atoms with Crippen LogP contribution in [0.2, 0.25) is 0 Å². The molecule has 1 aromatic heterocycles. The smallest absolute Gasteiger partial charge is 0.252 e. The van der Waals surface area contributed by atoms with Crippen molar-refractivity contribution in [3.8, 4) is 21.6 Å². The predicted octanol–water partition coefficient (Wildman–Crippen LogP) is 8.70. The average molecular weight is 799 g/mol. The molecule has 2 unspecified atom stereocenters. The second kappa shape index (κ2) is 15.1. The van der Waals surface area contributed by atoms with Gasteiger partial charge in [-0.15, -0.1) is 11.3 Å². The lowest BCUT2D eigenvalue weighted by Crippen LogP contribution is -2.51. The zero-order valence-electron chi connectivity index (χ0n) is 33.5. The minimum absolute atomic E-state index is 0.0310. The summed E-state index contributed by atoms with van der Waals surface area (Å²) in [5.41, 5.74) is 10.0. The molecule has 6 aromatic rings. The van der Waals surface area contributed by atoms with Gasteiger partial charge in [-0.25, -0.2) is 0 Å². The first-order valence-corrected chi connectivity index (χ1v) is 21.7. The van der Waals surface area contributed by atoms with Crippen molar-refractivity contribution in [3.63, 3.8) is 0 Å². The van der Waals surface area contributed by atoms with Crippen LogP contribution in [0.4, 0.5) is 11.4 Å². The third-order valence-corrected chi connectivity index (χ3v) is 14.1. The van der Waals surface area contributed by atoms with E-state index in [0.717, 1.165) is 95.8 Å². The van der Waals surface area contributed by atoms with Gasteiger partial charge in [0.15, 0.2) is 0 Å². The van der Waals surface area contributed by atoms with Crippen molar-refractivity contribution in [3.05, 3.63) is 166 Å². The number of aryl methyl sites for hydroxylation is 2. The molecule has 59 heavy (non-hydrogen) atoms. The second-order valence-corrected chi connectivity index (χ2v) is 18.1. The van der Waals surface area contributed by atoms with Crippen LogP contribution in [0.3, 0.4) is 0 Å². The highest BCUT2D eigenvalue weighted by Crippen LogP contribution is 2.61. The van der Waals surface area contributed by atoms with Crippen LogP contribution in [0.1, 0.15) is 73.0 Å². The largest absolute Gasteiger partial charge is 0.380 e. The highest BCUT2D eigenvalue weighted by Gasteiger charge is 2.58. The Morgan fingerprint density at radius 1 is 0.593 bits per heavy atom. The van der Waals surface area contributed by atoms with Gasteiger partial charge >= 0.3 is 0 Å². The first-order chi connectivity index (χ1) is 28.7. The van der Waals surface area contributed by atoms with E-state index in [1.165, 1.54) is 9.75 Å². The topological polar surface area (TPSA) is 106 Å². The van der Waals surface area contributed by atoms with Gasteiger partial charge in [0.1, 0.15) is 0 Å². The van der Waals surface area contributed by atoms with Crippen LogP contribution < -0.4 is 31.9 Å². The highest BCUT2D eigenvalue weighted by molar-refractivity contribution is 7.15. The number of hydrogen-bond donors (Lipinski definition) is 6. The van der Waals surface area contributed by atoms with Gasteiger partial charge < -0.3 is 31.9 Å². The summed E-state index contributed by atoms with van der Waals surface area (Å²) in [4.78, 5) is 30.6. The molecule has 4 aliphatic rings. The van der Waals surface area contributed by atoms with Crippen molar-refractivity contribution in [2.45, 2.75) is 62.2 Å². The molecule has 0 bridgehead atoms. The van der Waals surface area contributed by atoms with Gasteiger partial charge in [0.2, 0.25) is 0 Å². The van der Waals surface area contributed by atoms with Crippen LogP contribution in [0.25, 0.3) is 21.6 Å². The lowest BCUT2D eigenvalue weighted by molar-refractivity contribution is 0.0920. The van der Waals surface area contributed by atoms with E-state index in [-0.39, 0.29) is 23.3 Å². The van der Waals surface area contributed by atoms with Crippen LogP contribution >= 0.6 is 11.3 Å². The maximum Gasteiger partial charge on any atom is 0.252 e. The average Bonchev–Trinajstić information content (AvgIpc) is 4.12. The van der Waals surface area contributed by atoms with Crippen LogP contribution in [0.15, 0.2) is 127 Å². The van der Waals surface area contributed by atoms with Crippen molar-refractivity contribution in [2.75, 3.05) is 36.8 Å².